The molecule has 1 aliphatic heterocycles. The molecular weight excluding hydrogens is 366 g/mol. The number of ether oxygens (including phenoxy) is 1. The van der Waals surface area contributed by atoms with Crippen LogP contribution in [0.3, 0.4) is 0 Å². The molecule has 0 aromatic heterocycles. The van der Waals surface area contributed by atoms with Crippen molar-refractivity contribution >= 4 is 16.1 Å². The van der Waals surface area contributed by atoms with Gasteiger partial charge in [0, 0.05) is 25.2 Å². The fourth-order valence-electron chi connectivity index (χ4n) is 4.27. The summed E-state index contributed by atoms with van der Waals surface area (Å²) in [4.78, 5) is 14.2. The van der Waals surface area contributed by atoms with Gasteiger partial charge in [0.1, 0.15) is 5.75 Å². The number of benzene rings is 1. The summed E-state index contributed by atoms with van der Waals surface area (Å²) >= 11 is 0. The first kappa shape index (κ1) is 19.9. The quantitative estimate of drug-likeness (QED) is 0.829. The number of sulfonamides is 1. The minimum Gasteiger partial charge on any atom is -0.497 e. The van der Waals surface area contributed by atoms with Gasteiger partial charge < -0.3 is 15.4 Å². The predicted octanol–water partition coefficient (Wildman–Crippen LogP) is 2.56. The van der Waals surface area contributed by atoms with E-state index in [1.54, 1.807) is 31.4 Å². The zero-order valence-electron chi connectivity index (χ0n) is 15.8. The first-order valence-corrected chi connectivity index (χ1v) is 11.1. The summed E-state index contributed by atoms with van der Waals surface area (Å²) < 4.78 is 32.4. The Morgan fingerprint density at radius 2 is 1.59 bits per heavy atom. The summed E-state index contributed by atoms with van der Waals surface area (Å²) in [5, 5.41) is 0. The molecule has 0 bridgehead atoms. The monoisotopic (exact) mass is 395 g/mol. The number of methoxy groups -OCH3 is 1. The van der Waals surface area contributed by atoms with Crippen LogP contribution in [0.25, 0.3) is 0 Å². The van der Waals surface area contributed by atoms with E-state index in [0.717, 1.165) is 25.7 Å². The maximum Gasteiger partial charge on any atom is 0.315 e. The molecule has 2 amide bonds. The van der Waals surface area contributed by atoms with Gasteiger partial charge in [0.25, 0.3) is 0 Å². The molecule has 0 radical (unpaired) electrons. The van der Waals surface area contributed by atoms with Crippen molar-refractivity contribution in [1.29, 1.82) is 0 Å². The number of amides is 2. The van der Waals surface area contributed by atoms with Gasteiger partial charge in [-0.15, -0.1) is 0 Å². The van der Waals surface area contributed by atoms with Crippen molar-refractivity contribution in [3.05, 3.63) is 24.3 Å². The van der Waals surface area contributed by atoms with Crippen molar-refractivity contribution < 1.29 is 17.9 Å². The normalized spacial score (nSPS) is 20.3. The molecule has 27 heavy (non-hydrogen) atoms. The van der Waals surface area contributed by atoms with E-state index in [1.165, 1.54) is 10.7 Å². The van der Waals surface area contributed by atoms with Crippen LogP contribution in [-0.2, 0) is 10.0 Å². The Bertz CT molecular complexity index is 737. The van der Waals surface area contributed by atoms with Gasteiger partial charge in [0.05, 0.1) is 12.0 Å². The molecule has 150 valence electrons. The molecule has 2 aliphatic rings. The van der Waals surface area contributed by atoms with Gasteiger partial charge in [-0.1, -0.05) is 19.3 Å². The molecule has 1 aliphatic carbocycles. The zero-order chi connectivity index (χ0) is 19.4. The van der Waals surface area contributed by atoms with Crippen molar-refractivity contribution in [3.63, 3.8) is 0 Å². The topological polar surface area (TPSA) is 92.9 Å². The van der Waals surface area contributed by atoms with Crippen LogP contribution in [0.1, 0.15) is 44.9 Å². The Balaban J connectivity index is 1.66. The summed E-state index contributed by atoms with van der Waals surface area (Å²) in [6.45, 7) is 0.797. The molecule has 0 atom stereocenters. The van der Waals surface area contributed by atoms with Crippen LogP contribution in [0.15, 0.2) is 29.2 Å². The highest BCUT2D eigenvalue weighted by atomic mass is 32.2. The summed E-state index contributed by atoms with van der Waals surface area (Å²) in [6.07, 6.45) is 6.68. The fraction of sp³-hybridized carbons (Fsp3) is 0.632. The lowest BCUT2D eigenvalue weighted by atomic mass is 9.92. The molecule has 2 N–H and O–H groups in total. The lowest BCUT2D eigenvalue weighted by molar-refractivity contribution is 0.103. The predicted molar refractivity (Wildman–Crippen MR) is 103 cm³/mol. The first-order chi connectivity index (χ1) is 12.9. The second kappa shape index (κ2) is 8.48. The van der Waals surface area contributed by atoms with Crippen LogP contribution in [0.5, 0.6) is 5.75 Å². The third-order valence-corrected chi connectivity index (χ3v) is 7.65. The minimum atomic E-state index is -3.54. The summed E-state index contributed by atoms with van der Waals surface area (Å²) in [5.74, 6) is 0.622. The van der Waals surface area contributed by atoms with E-state index >= 15 is 0 Å². The summed E-state index contributed by atoms with van der Waals surface area (Å²) in [5.41, 5.74) is 5.68. The van der Waals surface area contributed by atoms with Crippen LogP contribution in [0.4, 0.5) is 4.79 Å². The number of carbonyl (C=O) groups is 1. The van der Waals surface area contributed by atoms with Gasteiger partial charge in [-0.25, -0.2) is 13.2 Å². The average Bonchev–Trinajstić information content (AvgIpc) is 2.69. The number of rotatable bonds is 5. The molecule has 0 unspecified atom stereocenters. The van der Waals surface area contributed by atoms with Crippen LogP contribution in [0.2, 0.25) is 0 Å². The van der Waals surface area contributed by atoms with E-state index in [1.807, 2.05) is 4.90 Å². The van der Waals surface area contributed by atoms with Crippen molar-refractivity contribution in [3.8, 4) is 5.75 Å². The number of hydrogen-bond acceptors (Lipinski definition) is 4. The van der Waals surface area contributed by atoms with E-state index in [2.05, 4.69) is 0 Å². The smallest absolute Gasteiger partial charge is 0.315 e. The van der Waals surface area contributed by atoms with Crippen LogP contribution < -0.4 is 10.5 Å². The molecule has 1 saturated carbocycles. The number of carbonyl (C=O) groups excluding carboxylic acids is 1. The van der Waals surface area contributed by atoms with Gasteiger partial charge in [0.2, 0.25) is 10.0 Å². The first-order valence-electron chi connectivity index (χ1n) is 9.65. The van der Waals surface area contributed by atoms with E-state index in [4.69, 9.17) is 10.5 Å². The molecule has 7 nitrogen and oxygen atoms in total. The highest BCUT2D eigenvalue weighted by molar-refractivity contribution is 7.89. The Labute approximate surface area is 161 Å². The lowest BCUT2D eigenvalue weighted by Crippen LogP contribution is -2.54. The summed E-state index contributed by atoms with van der Waals surface area (Å²) in [6, 6.07) is 6.28. The third kappa shape index (κ3) is 4.38. The molecular formula is C19H29N3O4S. The SMILES string of the molecule is COc1ccc(S(=O)(=O)N2CCC(N(C(N)=O)C3CCCCC3)CC2)cc1. The van der Waals surface area contributed by atoms with Crippen LogP contribution in [-0.4, -0.2) is 55.9 Å². The molecule has 1 aromatic rings. The Kier molecular flexibility index (Phi) is 6.26. The summed E-state index contributed by atoms with van der Waals surface area (Å²) in [7, 11) is -1.99. The largest absolute Gasteiger partial charge is 0.497 e. The molecule has 2 fully saturated rings. The standard InChI is InChI=1S/C19H29N3O4S/c1-26-17-7-9-18(10-8-17)27(24,25)21-13-11-16(12-14-21)22(19(20)23)15-5-3-2-4-6-15/h7-10,15-16H,2-6,11-14H2,1H3,(H2,20,23). The highest BCUT2D eigenvalue weighted by Gasteiger charge is 2.36. The van der Waals surface area contributed by atoms with Gasteiger partial charge >= 0.3 is 6.03 Å². The minimum absolute atomic E-state index is 0.0212. The van der Waals surface area contributed by atoms with Crippen molar-refractivity contribution in [2.45, 2.75) is 61.9 Å². The fourth-order valence-corrected chi connectivity index (χ4v) is 5.74. The maximum absolute atomic E-state index is 12.9. The van der Waals surface area contributed by atoms with E-state index in [0.29, 0.717) is 31.7 Å². The highest BCUT2D eigenvalue weighted by Crippen LogP contribution is 2.29. The molecule has 1 saturated heterocycles. The number of urea groups is 1. The second-order valence-corrected chi connectivity index (χ2v) is 9.29. The second-order valence-electron chi connectivity index (χ2n) is 7.35. The number of nitrogens with two attached hydrogens (primary N) is 1. The van der Waals surface area contributed by atoms with Crippen molar-refractivity contribution in [2.75, 3.05) is 20.2 Å². The van der Waals surface area contributed by atoms with E-state index in [-0.39, 0.29) is 23.0 Å². The number of hydrogen-bond donors (Lipinski definition) is 1. The van der Waals surface area contributed by atoms with E-state index in [9.17, 15) is 13.2 Å². The molecule has 8 heteroatoms. The Hall–Kier alpha value is -1.80. The Morgan fingerprint density at radius 1 is 1.04 bits per heavy atom. The number of piperidine rings is 1. The van der Waals surface area contributed by atoms with Crippen LogP contribution in [0, 0.1) is 0 Å². The number of primary amides is 1. The molecule has 1 aromatic carbocycles. The molecule has 0 spiro atoms. The van der Waals surface area contributed by atoms with Gasteiger partial charge in [-0.2, -0.15) is 4.31 Å². The third-order valence-electron chi connectivity index (χ3n) is 5.74. The van der Waals surface area contributed by atoms with Crippen molar-refractivity contribution in [1.82, 2.24) is 9.21 Å². The van der Waals surface area contributed by atoms with Crippen LogP contribution >= 0.6 is 0 Å². The number of nitrogens with zero attached hydrogens (tertiary/aromatic N) is 2. The zero-order valence-corrected chi connectivity index (χ0v) is 16.7. The van der Waals surface area contributed by atoms with Crippen molar-refractivity contribution in [2.24, 2.45) is 5.73 Å². The molecule has 1 heterocycles. The van der Waals surface area contributed by atoms with E-state index < -0.39 is 10.0 Å². The lowest BCUT2D eigenvalue weighted by Gasteiger charge is -2.42. The average molecular weight is 396 g/mol. The van der Waals surface area contributed by atoms with Gasteiger partial charge in [-0.3, -0.25) is 0 Å². The van der Waals surface area contributed by atoms with Gasteiger partial charge in [0.15, 0.2) is 0 Å². The maximum atomic E-state index is 12.9. The van der Waals surface area contributed by atoms with Gasteiger partial charge in [-0.05, 0) is 49.9 Å². The Morgan fingerprint density at radius 3 is 2.11 bits per heavy atom. The molecule has 3 rings (SSSR count).